The van der Waals surface area contributed by atoms with Gasteiger partial charge in [0.05, 0.1) is 23.3 Å². The van der Waals surface area contributed by atoms with Crippen LogP contribution in [0.2, 0.25) is 0 Å². The third-order valence-corrected chi connectivity index (χ3v) is 3.93. The number of nitrogens with one attached hydrogen (secondary N) is 2. The molecule has 2 rings (SSSR count). The summed E-state index contributed by atoms with van der Waals surface area (Å²) in [6, 6.07) is 3.56. The van der Waals surface area contributed by atoms with Gasteiger partial charge in [-0.15, -0.1) is 0 Å². The van der Waals surface area contributed by atoms with E-state index in [2.05, 4.69) is 15.6 Å². The molecule has 5 heteroatoms. The molecule has 1 aliphatic rings. The highest BCUT2D eigenvalue weighted by atomic mass is 16.5. The first-order chi connectivity index (χ1) is 9.70. The summed E-state index contributed by atoms with van der Waals surface area (Å²) in [6.45, 7) is 10.1. The van der Waals surface area contributed by atoms with Crippen LogP contribution in [0.5, 0.6) is 0 Å². The van der Waals surface area contributed by atoms with E-state index in [0.717, 1.165) is 12.0 Å². The van der Waals surface area contributed by atoms with Crippen molar-refractivity contribution >= 4 is 6.03 Å². The first-order valence-electron chi connectivity index (χ1n) is 7.37. The van der Waals surface area contributed by atoms with Crippen molar-refractivity contribution in [3.63, 3.8) is 0 Å². The number of carbonyl (C=O) groups excluding carboxylic acids is 1. The molecule has 1 fully saturated rings. The van der Waals surface area contributed by atoms with Crippen LogP contribution in [0.15, 0.2) is 24.5 Å². The quantitative estimate of drug-likeness (QED) is 0.900. The molecule has 1 aromatic rings. The fourth-order valence-corrected chi connectivity index (χ4v) is 2.92. The Bertz CT molecular complexity index is 500. The molecule has 0 radical (unpaired) electrons. The van der Waals surface area contributed by atoms with Crippen LogP contribution in [-0.2, 0) is 4.74 Å². The molecule has 2 amide bonds. The van der Waals surface area contributed by atoms with Crippen molar-refractivity contribution in [2.45, 2.75) is 64.3 Å². The Morgan fingerprint density at radius 1 is 1.33 bits per heavy atom. The lowest BCUT2D eigenvalue weighted by molar-refractivity contribution is -0.0690. The van der Waals surface area contributed by atoms with Crippen molar-refractivity contribution in [2.24, 2.45) is 0 Å². The van der Waals surface area contributed by atoms with Gasteiger partial charge in [0.1, 0.15) is 0 Å². The van der Waals surface area contributed by atoms with Crippen molar-refractivity contribution in [3.05, 3.63) is 30.1 Å². The Morgan fingerprint density at radius 3 is 2.48 bits per heavy atom. The summed E-state index contributed by atoms with van der Waals surface area (Å²) in [7, 11) is 0. The Kier molecular flexibility index (Phi) is 4.23. The molecule has 2 heterocycles. The van der Waals surface area contributed by atoms with Crippen LogP contribution < -0.4 is 10.6 Å². The number of pyridine rings is 1. The van der Waals surface area contributed by atoms with Crippen LogP contribution in [-0.4, -0.2) is 28.3 Å². The number of hydrogen-bond donors (Lipinski definition) is 2. The number of amides is 2. The molecule has 0 spiro atoms. The first kappa shape index (κ1) is 15.8. The molecule has 2 N–H and O–H groups in total. The standard InChI is InChI=1S/C16H25N3O2/c1-11(12-6-8-17-9-7-12)18-14(20)19-13-10-15(2,3)21-16(13,4)5/h6-9,11,13H,10H2,1-5H3,(H2,18,19,20)/t11-,13+/m0/s1. The third kappa shape index (κ3) is 3.94. The van der Waals surface area contributed by atoms with E-state index in [1.165, 1.54) is 0 Å². The van der Waals surface area contributed by atoms with Crippen LogP contribution >= 0.6 is 0 Å². The average molecular weight is 291 g/mol. The lowest BCUT2D eigenvalue weighted by Crippen LogP contribution is -2.50. The predicted molar refractivity (Wildman–Crippen MR) is 82.0 cm³/mol. The Hall–Kier alpha value is -1.62. The lowest BCUT2D eigenvalue weighted by atomic mass is 9.94. The number of urea groups is 1. The highest BCUT2D eigenvalue weighted by Crippen LogP contribution is 2.37. The molecule has 116 valence electrons. The monoisotopic (exact) mass is 291 g/mol. The lowest BCUT2D eigenvalue weighted by Gasteiger charge is -2.28. The molecule has 1 aromatic heterocycles. The van der Waals surface area contributed by atoms with Gasteiger partial charge >= 0.3 is 6.03 Å². The highest BCUT2D eigenvalue weighted by molar-refractivity contribution is 5.75. The second kappa shape index (κ2) is 5.64. The number of hydrogen-bond acceptors (Lipinski definition) is 3. The minimum Gasteiger partial charge on any atom is -0.367 e. The Labute approximate surface area is 126 Å². The number of ether oxygens (including phenoxy) is 1. The molecule has 0 unspecified atom stereocenters. The third-order valence-electron chi connectivity index (χ3n) is 3.93. The summed E-state index contributed by atoms with van der Waals surface area (Å²) in [4.78, 5) is 16.2. The summed E-state index contributed by atoms with van der Waals surface area (Å²) < 4.78 is 5.99. The molecule has 2 atom stereocenters. The second-order valence-electron chi connectivity index (χ2n) is 6.84. The first-order valence-corrected chi connectivity index (χ1v) is 7.37. The van der Waals surface area contributed by atoms with Gasteiger partial charge in [-0.3, -0.25) is 4.98 Å². The van der Waals surface area contributed by atoms with Gasteiger partial charge in [-0.25, -0.2) is 4.79 Å². The SMILES string of the molecule is C[C@H](NC(=O)N[C@@H]1CC(C)(C)OC1(C)C)c1ccncc1. The zero-order valence-electron chi connectivity index (χ0n) is 13.4. The van der Waals surface area contributed by atoms with E-state index in [0.29, 0.717) is 0 Å². The summed E-state index contributed by atoms with van der Waals surface area (Å²) >= 11 is 0. The summed E-state index contributed by atoms with van der Waals surface area (Å²) in [5, 5.41) is 5.99. The average Bonchev–Trinajstić information content (AvgIpc) is 2.57. The number of aromatic nitrogens is 1. The zero-order chi connectivity index (χ0) is 15.7. The molecular formula is C16H25N3O2. The van der Waals surface area contributed by atoms with Gasteiger partial charge in [-0.2, -0.15) is 0 Å². The van der Waals surface area contributed by atoms with Crippen molar-refractivity contribution in [1.29, 1.82) is 0 Å². The summed E-state index contributed by atoms with van der Waals surface area (Å²) in [5.74, 6) is 0. The van der Waals surface area contributed by atoms with E-state index in [9.17, 15) is 4.79 Å². The van der Waals surface area contributed by atoms with Crippen LogP contribution in [0.25, 0.3) is 0 Å². The largest absolute Gasteiger partial charge is 0.367 e. The molecule has 0 aliphatic carbocycles. The molecule has 0 saturated carbocycles. The minimum atomic E-state index is -0.360. The predicted octanol–water partition coefficient (Wildman–Crippen LogP) is 2.79. The van der Waals surface area contributed by atoms with E-state index in [1.54, 1.807) is 12.4 Å². The van der Waals surface area contributed by atoms with Crippen molar-refractivity contribution in [1.82, 2.24) is 15.6 Å². The summed E-state index contributed by atoms with van der Waals surface area (Å²) in [6.07, 6.45) is 4.25. The van der Waals surface area contributed by atoms with Crippen molar-refractivity contribution in [2.75, 3.05) is 0 Å². The van der Waals surface area contributed by atoms with Crippen LogP contribution in [0.3, 0.4) is 0 Å². The van der Waals surface area contributed by atoms with Gasteiger partial charge in [0.25, 0.3) is 0 Å². The Balaban J connectivity index is 1.93. The summed E-state index contributed by atoms with van der Waals surface area (Å²) in [5.41, 5.74) is 0.459. The number of nitrogens with zero attached hydrogens (tertiary/aromatic N) is 1. The number of rotatable bonds is 3. The maximum absolute atomic E-state index is 12.2. The van der Waals surface area contributed by atoms with E-state index in [1.807, 2.05) is 46.8 Å². The molecule has 0 aromatic carbocycles. The van der Waals surface area contributed by atoms with Gasteiger partial charge in [-0.05, 0) is 58.7 Å². The van der Waals surface area contributed by atoms with Gasteiger partial charge < -0.3 is 15.4 Å². The van der Waals surface area contributed by atoms with Crippen LogP contribution in [0.1, 0.15) is 52.6 Å². The second-order valence-corrected chi connectivity index (χ2v) is 6.84. The van der Waals surface area contributed by atoms with Crippen LogP contribution in [0, 0.1) is 0 Å². The Morgan fingerprint density at radius 2 is 1.95 bits per heavy atom. The molecule has 21 heavy (non-hydrogen) atoms. The van der Waals surface area contributed by atoms with Crippen molar-refractivity contribution < 1.29 is 9.53 Å². The topological polar surface area (TPSA) is 63.2 Å². The minimum absolute atomic E-state index is 0.00265. The van der Waals surface area contributed by atoms with E-state index < -0.39 is 0 Å². The molecular weight excluding hydrogens is 266 g/mol. The molecule has 1 aliphatic heterocycles. The zero-order valence-corrected chi connectivity index (χ0v) is 13.4. The van der Waals surface area contributed by atoms with Crippen molar-refractivity contribution in [3.8, 4) is 0 Å². The van der Waals surface area contributed by atoms with Gasteiger partial charge in [0, 0.05) is 12.4 Å². The molecule has 1 saturated heterocycles. The van der Waals surface area contributed by atoms with E-state index in [-0.39, 0.29) is 29.3 Å². The molecule has 5 nitrogen and oxygen atoms in total. The van der Waals surface area contributed by atoms with Gasteiger partial charge in [0.15, 0.2) is 0 Å². The fourth-order valence-electron chi connectivity index (χ4n) is 2.92. The number of carbonyl (C=O) groups is 1. The van der Waals surface area contributed by atoms with Gasteiger partial charge in [-0.1, -0.05) is 0 Å². The van der Waals surface area contributed by atoms with E-state index >= 15 is 0 Å². The normalized spacial score (nSPS) is 24.3. The molecule has 0 bridgehead atoms. The fraction of sp³-hybridized carbons (Fsp3) is 0.625. The maximum Gasteiger partial charge on any atom is 0.315 e. The maximum atomic E-state index is 12.2. The smallest absolute Gasteiger partial charge is 0.315 e. The van der Waals surface area contributed by atoms with Crippen LogP contribution in [0.4, 0.5) is 4.79 Å². The highest BCUT2D eigenvalue weighted by Gasteiger charge is 2.46. The van der Waals surface area contributed by atoms with E-state index in [4.69, 9.17) is 4.74 Å². The van der Waals surface area contributed by atoms with Gasteiger partial charge in [0.2, 0.25) is 0 Å².